The van der Waals surface area contributed by atoms with Gasteiger partial charge in [0.1, 0.15) is 0 Å². The third kappa shape index (κ3) is 3.30. The number of hydrogen-bond acceptors (Lipinski definition) is 4. The van der Waals surface area contributed by atoms with Crippen LogP contribution in [0, 0.1) is 0 Å². The van der Waals surface area contributed by atoms with Crippen molar-refractivity contribution < 1.29 is 4.79 Å². The fourth-order valence-corrected chi connectivity index (χ4v) is 4.53. The van der Waals surface area contributed by atoms with E-state index in [1.165, 1.54) is 0 Å². The van der Waals surface area contributed by atoms with Gasteiger partial charge in [-0.1, -0.05) is 0 Å². The molecule has 1 aromatic heterocycles. The summed E-state index contributed by atoms with van der Waals surface area (Å²) < 4.78 is 3.23. The number of anilines is 2. The van der Waals surface area contributed by atoms with Gasteiger partial charge in [-0.2, -0.15) is 11.8 Å². The van der Waals surface area contributed by atoms with Crippen molar-refractivity contribution in [3.05, 3.63) is 22.6 Å². The fraction of sp³-hybridized carbons (Fsp3) is 0.556. The number of urea groups is 1. The quantitative estimate of drug-likeness (QED) is 0.892. The molecule has 0 unspecified atom stereocenters. The lowest BCUT2D eigenvalue weighted by atomic mass is 10.1. The average Bonchev–Trinajstić information content (AvgIpc) is 2.85. The first-order valence-corrected chi connectivity index (χ1v) is 9.95. The second kappa shape index (κ2) is 7.26. The molecule has 2 amide bonds. The Hall–Kier alpha value is -2.09. The molecule has 1 aromatic carbocycles. The number of carbonyl (C=O) groups is 1. The van der Waals surface area contributed by atoms with Crippen molar-refractivity contribution in [1.82, 2.24) is 14.0 Å². The summed E-state index contributed by atoms with van der Waals surface area (Å²) in [6, 6.07) is 4.01. The Kier molecular flexibility index (Phi) is 5.22. The molecule has 0 bridgehead atoms. The lowest BCUT2D eigenvalue weighted by Crippen LogP contribution is -2.41. The number of fused-ring (bicyclic) bond motifs is 1. The molecule has 142 valence electrons. The van der Waals surface area contributed by atoms with Gasteiger partial charge in [0, 0.05) is 41.3 Å². The maximum Gasteiger partial charge on any atom is 0.328 e. The smallest absolute Gasteiger partial charge is 0.328 e. The van der Waals surface area contributed by atoms with Crippen LogP contribution in [0.5, 0.6) is 0 Å². The van der Waals surface area contributed by atoms with E-state index in [9.17, 15) is 9.59 Å². The van der Waals surface area contributed by atoms with Crippen LogP contribution in [0.3, 0.4) is 0 Å². The molecule has 8 heteroatoms. The minimum absolute atomic E-state index is 0.0787. The van der Waals surface area contributed by atoms with Crippen molar-refractivity contribution in [2.75, 3.05) is 42.9 Å². The number of amides is 2. The summed E-state index contributed by atoms with van der Waals surface area (Å²) in [7, 11) is 9.23. The Morgan fingerprint density at radius 3 is 2.27 bits per heavy atom. The number of aryl methyl sites for hydroxylation is 2. The number of carbonyl (C=O) groups excluding carboxylic acids is 1. The molecule has 7 nitrogen and oxygen atoms in total. The number of thioether (sulfide) groups is 1. The predicted octanol–water partition coefficient (Wildman–Crippen LogP) is 2.30. The van der Waals surface area contributed by atoms with Gasteiger partial charge >= 0.3 is 11.7 Å². The standard InChI is InChI=1S/C18H27N5O2S/c1-20(2)14-11-16-15(22(4)18(25)23(16)5)10-13(14)19-17(24)21(3)12-6-8-26-9-7-12/h10-12H,6-9H2,1-5H3,(H,19,24). The Morgan fingerprint density at radius 2 is 1.69 bits per heavy atom. The second-order valence-electron chi connectivity index (χ2n) is 7.04. The molecule has 2 aromatic rings. The number of imidazole rings is 1. The van der Waals surface area contributed by atoms with Crippen LogP contribution in [0.2, 0.25) is 0 Å². The van der Waals surface area contributed by atoms with Crippen LogP contribution in [0.4, 0.5) is 16.2 Å². The van der Waals surface area contributed by atoms with E-state index in [0.29, 0.717) is 5.69 Å². The zero-order chi connectivity index (χ0) is 19.0. The van der Waals surface area contributed by atoms with Gasteiger partial charge in [0.15, 0.2) is 0 Å². The zero-order valence-electron chi connectivity index (χ0n) is 16.1. The third-order valence-corrected chi connectivity index (χ3v) is 6.22. The first kappa shape index (κ1) is 18.7. The number of nitrogens with zero attached hydrogens (tertiary/aromatic N) is 4. The maximum absolute atomic E-state index is 12.8. The Balaban J connectivity index is 1.95. The third-order valence-electron chi connectivity index (χ3n) is 5.17. The van der Waals surface area contributed by atoms with Crippen molar-refractivity contribution in [2.24, 2.45) is 14.1 Å². The minimum Gasteiger partial charge on any atom is -0.376 e. The van der Waals surface area contributed by atoms with Gasteiger partial charge < -0.3 is 15.1 Å². The highest BCUT2D eigenvalue weighted by molar-refractivity contribution is 7.99. The van der Waals surface area contributed by atoms with Gasteiger partial charge in [0.25, 0.3) is 0 Å². The summed E-state index contributed by atoms with van der Waals surface area (Å²) in [5.41, 5.74) is 3.15. The molecule has 1 saturated heterocycles. The lowest BCUT2D eigenvalue weighted by Gasteiger charge is -2.31. The summed E-state index contributed by atoms with van der Waals surface area (Å²) in [5, 5.41) is 3.05. The van der Waals surface area contributed by atoms with E-state index in [4.69, 9.17) is 0 Å². The number of aromatic nitrogens is 2. The van der Waals surface area contributed by atoms with Crippen LogP contribution in [0.1, 0.15) is 12.8 Å². The monoisotopic (exact) mass is 377 g/mol. The van der Waals surface area contributed by atoms with Crippen LogP contribution in [-0.2, 0) is 14.1 Å². The highest BCUT2D eigenvalue weighted by Gasteiger charge is 2.23. The van der Waals surface area contributed by atoms with Crippen molar-refractivity contribution in [1.29, 1.82) is 0 Å². The van der Waals surface area contributed by atoms with Crippen LogP contribution >= 0.6 is 11.8 Å². The number of nitrogens with one attached hydrogen (secondary N) is 1. The summed E-state index contributed by atoms with van der Waals surface area (Å²) in [6.45, 7) is 0. The van der Waals surface area contributed by atoms with E-state index in [0.717, 1.165) is 41.1 Å². The van der Waals surface area contributed by atoms with Crippen molar-refractivity contribution in [3.8, 4) is 0 Å². The normalized spacial score (nSPS) is 15.3. The molecule has 1 aliphatic rings. The van der Waals surface area contributed by atoms with Crippen molar-refractivity contribution >= 4 is 40.2 Å². The van der Waals surface area contributed by atoms with Crippen LogP contribution in [0.15, 0.2) is 16.9 Å². The fourth-order valence-electron chi connectivity index (χ4n) is 3.45. The topological polar surface area (TPSA) is 62.5 Å². The minimum atomic E-state index is -0.106. The van der Waals surface area contributed by atoms with Gasteiger partial charge in [0.2, 0.25) is 0 Å². The average molecular weight is 378 g/mol. The first-order valence-electron chi connectivity index (χ1n) is 8.79. The number of rotatable bonds is 3. The number of benzene rings is 1. The van der Waals surface area contributed by atoms with E-state index in [1.54, 1.807) is 23.2 Å². The summed E-state index contributed by atoms with van der Waals surface area (Å²) in [5.74, 6) is 2.20. The zero-order valence-corrected chi connectivity index (χ0v) is 16.9. The van der Waals surface area contributed by atoms with E-state index in [1.807, 2.05) is 54.8 Å². The lowest BCUT2D eigenvalue weighted by molar-refractivity contribution is 0.200. The molecule has 0 aliphatic carbocycles. The van der Waals surface area contributed by atoms with E-state index >= 15 is 0 Å². The van der Waals surface area contributed by atoms with Crippen molar-refractivity contribution in [3.63, 3.8) is 0 Å². The summed E-state index contributed by atoms with van der Waals surface area (Å²) in [4.78, 5) is 28.8. The molecular weight excluding hydrogens is 350 g/mol. The van der Waals surface area contributed by atoms with Gasteiger partial charge in [-0.3, -0.25) is 9.13 Å². The molecule has 2 heterocycles. The molecule has 0 atom stereocenters. The summed E-state index contributed by atoms with van der Waals surface area (Å²) >= 11 is 1.95. The van der Waals surface area contributed by atoms with Gasteiger partial charge in [0.05, 0.1) is 22.4 Å². The van der Waals surface area contributed by atoms with Gasteiger partial charge in [-0.15, -0.1) is 0 Å². The molecule has 0 spiro atoms. The van der Waals surface area contributed by atoms with Crippen LogP contribution in [0.25, 0.3) is 11.0 Å². The highest BCUT2D eigenvalue weighted by atomic mass is 32.2. The first-order chi connectivity index (χ1) is 12.3. The molecule has 0 saturated carbocycles. The van der Waals surface area contributed by atoms with E-state index in [-0.39, 0.29) is 17.8 Å². The Bertz CT molecular complexity index is 880. The maximum atomic E-state index is 12.8. The van der Waals surface area contributed by atoms with Gasteiger partial charge in [-0.25, -0.2) is 9.59 Å². The molecule has 26 heavy (non-hydrogen) atoms. The largest absolute Gasteiger partial charge is 0.376 e. The predicted molar refractivity (Wildman–Crippen MR) is 110 cm³/mol. The summed E-state index contributed by atoms with van der Waals surface area (Å²) in [6.07, 6.45) is 2.06. The Morgan fingerprint density at radius 1 is 1.12 bits per heavy atom. The molecule has 1 aliphatic heterocycles. The molecule has 0 radical (unpaired) electrons. The van der Waals surface area contributed by atoms with Crippen molar-refractivity contribution in [2.45, 2.75) is 18.9 Å². The SMILES string of the molecule is CN(C)c1cc2c(cc1NC(=O)N(C)C1CCSCC1)n(C)c(=O)n2C. The molecule has 1 N–H and O–H groups in total. The van der Waals surface area contributed by atoms with Gasteiger partial charge in [-0.05, 0) is 36.5 Å². The Labute approximate surface area is 157 Å². The van der Waals surface area contributed by atoms with Crippen LogP contribution < -0.4 is 15.9 Å². The van der Waals surface area contributed by atoms with Crippen LogP contribution in [-0.4, -0.2) is 58.8 Å². The number of hydrogen-bond donors (Lipinski definition) is 1. The van der Waals surface area contributed by atoms with E-state index < -0.39 is 0 Å². The molecular formula is C18H27N5O2S. The van der Waals surface area contributed by atoms with E-state index in [2.05, 4.69) is 5.32 Å². The second-order valence-corrected chi connectivity index (χ2v) is 8.26. The molecule has 1 fully saturated rings. The molecule has 3 rings (SSSR count). The highest BCUT2D eigenvalue weighted by Crippen LogP contribution is 2.30.